The summed E-state index contributed by atoms with van der Waals surface area (Å²) in [5, 5.41) is 2.90. The Kier molecular flexibility index (Phi) is 6.07. The normalized spacial score (nSPS) is 19.4. The fraction of sp³-hybridized carbons (Fsp3) is 0.500. The summed E-state index contributed by atoms with van der Waals surface area (Å²) in [6.45, 7) is 4.26. The van der Waals surface area contributed by atoms with Crippen molar-refractivity contribution < 1.29 is 18.0 Å². The summed E-state index contributed by atoms with van der Waals surface area (Å²) in [6.07, 6.45) is 1.65. The molecule has 0 bridgehead atoms. The van der Waals surface area contributed by atoms with Crippen LogP contribution in [0.5, 0.6) is 0 Å². The van der Waals surface area contributed by atoms with E-state index in [1.54, 1.807) is 17.4 Å². The number of carbonyl (C=O) groups is 1. The summed E-state index contributed by atoms with van der Waals surface area (Å²) in [7, 11) is 0. The van der Waals surface area contributed by atoms with Crippen molar-refractivity contribution in [2.45, 2.75) is 38.9 Å². The number of likely N-dealkylation sites (tertiary alicyclic amines) is 1. The van der Waals surface area contributed by atoms with Gasteiger partial charge >= 0.3 is 6.18 Å². The van der Waals surface area contributed by atoms with Crippen molar-refractivity contribution >= 4 is 5.91 Å². The second-order valence-corrected chi connectivity index (χ2v) is 7.42. The first kappa shape index (κ1) is 20.4. The number of imidazole rings is 1. The van der Waals surface area contributed by atoms with Gasteiger partial charge in [0.05, 0.1) is 24.8 Å². The number of rotatable bonds is 5. The molecule has 0 aliphatic carbocycles. The van der Waals surface area contributed by atoms with E-state index in [1.165, 1.54) is 0 Å². The van der Waals surface area contributed by atoms with Crippen molar-refractivity contribution in [3.8, 4) is 5.69 Å². The van der Waals surface area contributed by atoms with E-state index in [1.807, 2.05) is 42.8 Å². The predicted molar refractivity (Wildman–Crippen MR) is 100 cm³/mol. The molecule has 0 saturated carbocycles. The summed E-state index contributed by atoms with van der Waals surface area (Å²) in [6, 6.07) is 5.66. The molecule has 1 unspecified atom stereocenters. The number of hydrogen-bond acceptors (Lipinski definition) is 3. The number of benzene rings is 1. The van der Waals surface area contributed by atoms with E-state index in [0.29, 0.717) is 13.0 Å². The number of hydrogen-bond donors (Lipinski definition) is 1. The second kappa shape index (κ2) is 8.34. The van der Waals surface area contributed by atoms with Crippen LogP contribution in [0.3, 0.4) is 0 Å². The van der Waals surface area contributed by atoms with Gasteiger partial charge in [-0.15, -0.1) is 0 Å². The monoisotopic (exact) mass is 394 g/mol. The minimum atomic E-state index is -4.20. The van der Waals surface area contributed by atoms with E-state index < -0.39 is 12.1 Å². The second-order valence-electron chi connectivity index (χ2n) is 7.42. The van der Waals surface area contributed by atoms with Gasteiger partial charge in [0, 0.05) is 24.6 Å². The van der Waals surface area contributed by atoms with Gasteiger partial charge in [-0.05, 0) is 50.4 Å². The van der Waals surface area contributed by atoms with E-state index >= 15 is 0 Å². The number of halogens is 3. The molecule has 0 radical (unpaired) electrons. The molecule has 1 N–H and O–H groups in total. The van der Waals surface area contributed by atoms with Crippen LogP contribution < -0.4 is 5.32 Å². The molecule has 152 valence electrons. The highest BCUT2D eigenvalue weighted by molar-refractivity contribution is 5.78. The van der Waals surface area contributed by atoms with E-state index in [0.717, 1.165) is 16.8 Å². The smallest absolute Gasteiger partial charge is 0.348 e. The number of nitrogens with zero attached hydrogens (tertiary/aromatic N) is 3. The Balaban J connectivity index is 1.61. The van der Waals surface area contributed by atoms with Crippen LogP contribution in [-0.2, 0) is 4.79 Å². The van der Waals surface area contributed by atoms with E-state index in [2.05, 4.69) is 10.3 Å². The maximum atomic E-state index is 12.9. The van der Waals surface area contributed by atoms with Gasteiger partial charge in [-0.25, -0.2) is 4.98 Å². The van der Waals surface area contributed by atoms with E-state index in [4.69, 9.17) is 0 Å². The Bertz CT molecular complexity index is 804. The molecule has 5 nitrogen and oxygen atoms in total. The fourth-order valence-corrected chi connectivity index (χ4v) is 3.62. The summed E-state index contributed by atoms with van der Waals surface area (Å²) < 4.78 is 40.7. The van der Waals surface area contributed by atoms with Gasteiger partial charge in [0.1, 0.15) is 0 Å². The van der Waals surface area contributed by atoms with Gasteiger partial charge in [0.25, 0.3) is 0 Å². The quantitative estimate of drug-likeness (QED) is 0.843. The van der Waals surface area contributed by atoms with Gasteiger partial charge < -0.3 is 9.88 Å². The summed E-state index contributed by atoms with van der Waals surface area (Å²) >= 11 is 0. The molecule has 3 rings (SSSR count). The summed E-state index contributed by atoms with van der Waals surface area (Å²) in [5.41, 5.74) is 2.97. The number of piperidine rings is 1. The van der Waals surface area contributed by atoms with E-state index in [9.17, 15) is 18.0 Å². The minimum absolute atomic E-state index is 0.0167. The van der Waals surface area contributed by atoms with Crippen molar-refractivity contribution in [2.24, 2.45) is 5.92 Å². The largest absolute Gasteiger partial charge is 0.393 e. The number of nitrogens with one attached hydrogen (secondary N) is 1. The topological polar surface area (TPSA) is 50.2 Å². The molecular formula is C20H25F3N4O. The lowest BCUT2D eigenvalue weighted by Crippen LogP contribution is -2.46. The van der Waals surface area contributed by atoms with Crippen LogP contribution in [0.15, 0.2) is 36.9 Å². The highest BCUT2D eigenvalue weighted by atomic mass is 19.4. The van der Waals surface area contributed by atoms with Crippen LogP contribution in [0.2, 0.25) is 0 Å². The van der Waals surface area contributed by atoms with Crippen LogP contribution in [0.1, 0.15) is 36.9 Å². The van der Waals surface area contributed by atoms with Gasteiger partial charge in [-0.1, -0.05) is 12.1 Å². The highest BCUT2D eigenvalue weighted by Crippen LogP contribution is 2.33. The van der Waals surface area contributed by atoms with Gasteiger partial charge in [0.15, 0.2) is 0 Å². The molecule has 1 aromatic carbocycles. The first-order valence-electron chi connectivity index (χ1n) is 9.41. The van der Waals surface area contributed by atoms with Crippen molar-refractivity contribution in [2.75, 3.05) is 19.6 Å². The predicted octanol–water partition coefficient (Wildman–Crippen LogP) is 3.63. The molecule has 28 heavy (non-hydrogen) atoms. The summed E-state index contributed by atoms with van der Waals surface area (Å²) in [5.74, 6) is -1.61. The molecular weight excluding hydrogens is 369 g/mol. The van der Waals surface area contributed by atoms with Crippen LogP contribution in [0.4, 0.5) is 13.2 Å². The minimum Gasteiger partial charge on any atom is -0.348 e. The fourth-order valence-electron chi connectivity index (χ4n) is 3.62. The van der Waals surface area contributed by atoms with Crippen molar-refractivity contribution in [1.29, 1.82) is 0 Å². The molecule has 1 saturated heterocycles. The Hall–Kier alpha value is -2.35. The first-order valence-corrected chi connectivity index (χ1v) is 9.41. The number of alkyl halides is 3. The highest BCUT2D eigenvalue weighted by Gasteiger charge is 2.41. The third-order valence-electron chi connectivity index (χ3n) is 5.23. The van der Waals surface area contributed by atoms with Crippen LogP contribution in [-0.4, -0.2) is 46.2 Å². The zero-order valence-electron chi connectivity index (χ0n) is 16.0. The maximum Gasteiger partial charge on any atom is 0.393 e. The number of aryl methyl sites for hydroxylation is 1. The Labute approximate surface area is 162 Å². The molecule has 1 amide bonds. The first-order chi connectivity index (χ1) is 13.2. The SMILES string of the molecule is Cc1ccc([C@H](C)NC(=O)CN2CCCC(C(F)(F)F)C2)cc1-n1ccnc1. The Morgan fingerprint density at radius 3 is 2.86 bits per heavy atom. The third-order valence-corrected chi connectivity index (χ3v) is 5.23. The molecule has 8 heteroatoms. The van der Waals surface area contributed by atoms with Crippen molar-refractivity contribution in [3.05, 3.63) is 48.0 Å². The van der Waals surface area contributed by atoms with Crippen LogP contribution in [0, 0.1) is 12.8 Å². The van der Waals surface area contributed by atoms with Gasteiger partial charge in [0.2, 0.25) is 5.91 Å². The molecule has 0 spiro atoms. The molecule has 1 aromatic heterocycles. The molecule has 2 heterocycles. The molecule has 1 aliphatic rings. The Morgan fingerprint density at radius 1 is 1.39 bits per heavy atom. The van der Waals surface area contributed by atoms with Gasteiger partial charge in [-0.3, -0.25) is 9.69 Å². The lowest BCUT2D eigenvalue weighted by Gasteiger charge is -2.33. The number of carbonyl (C=O) groups excluding carboxylic acids is 1. The van der Waals surface area contributed by atoms with Gasteiger partial charge in [-0.2, -0.15) is 13.2 Å². The Morgan fingerprint density at radius 2 is 2.18 bits per heavy atom. The lowest BCUT2D eigenvalue weighted by molar-refractivity contribution is -0.187. The molecule has 2 aromatic rings. The summed E-state index contributed by atoms with van der Waals surface area (Å²) in [4.78, 5) is 18.0. The third kappa shape index (κ3) is 4.92. The van der Waals surface area contributed by atoms with E-state index in [-0.39, 0.29) is 31.5 Å². The maximum absolute atomic E-state index is 12.9. The average molecular weight is 394 g/mol. The molecule has 2 atom stereocenters. The van der Waals surface area contributed by atoms with Crippen LogP contribution >= 0.6 is 0 Å². The van der Waals surface area contributed by atoms with Crippen LogP contribution in [0.25, 0.3) is 5.69 Å². The van der Waals surface area contributed by atoms with Crippen molar-refractivity contribution in [1.82, 2.24) is 19.8 Å². The number of amides is 1. The average Bonchev–Trinajstić information content (AvgIpc) is 3.16. The molecule has 1 fully saturated rings. The zero-order chi connectivity index (χ0) is 20.3. The van der Waals surface area contributed by atoms with Crippen molar-refractivity contribution in [3.63, 3.8) is 0 Å². The standard InChI is InChI=1S/C20H25F3N4O/c1-14-5-6-16(10-18(14)27-9-7-24-13-27)15(2)25-19(28)12-26-8-3-4-17(11-26)20(21,22)23/h5-7,9-10,13,15,17H,3-4,8,11-12H2,1-2H3,(H,25,28)/t15-,17?/m0/s1. The lowest BCUT2D eigenvalue weighted by atomic mass is 9.97. The molecule has 1 aliphatic heterocycles. The number of aromatic nitrogens is 2. The zero-order valence-corrected chi connectivity index (χ0v) is 16.0.